The predicted octanol–water partition coefficient (Wildman–Crippen LogP) is 3.15. The van der Waals surface area contributed by atoms with Crippen molar-refractivity contribution in [1.29, 1.82) is 0 Å². The fourth-order valence-electron chi connectivity index (χ4n) is 1.99. The molecule has 2 unspecified atom stereocenters. The zero-order valence-corrected chi connectivity index (χ0v) is 8.79. The van der Waals surface area contributed by atoms with Crippen molar-refractivity contribution in [3.63, 3.8) is 0 Å². The first-order chi connectivity index (χ1) is 6.75. The van der Waals surface area contributed by atoms with Crippen molar-refractivity contribution in [3.8, 4) is 0 Å². The monoisotopic (exact) mass is 194 g/mol. The molecule has 2 rings (SSSR count). The van der Waals surface area contributed by atoms with Crippen LogP contribution in [0.4, 0.5) is 0 Å². The molecule has 0 aromatic rings. The number of ether oxygens (including phenoxy) is 2. The highest BCUT2D eigenvalue weighted by molar-refractivity contribution is 5.09. The first-order valence-corrected chi connectivity index (χ1v) is 5.46. The minimum Gasteiger partial charge on any atom is -0.463 e. The number of allylic oxidation sites excluding steroid dienone is 1. The first-order valence-electron chi connectivity index (χ1n) is 5.46. The second-order valence-corrected chi connectivity index (χ2v) is 4.12. The van der Waals surface area contributed by atoms with Gasteiger partial charge in [-0.05, 0) is 38.7 Å². The van der Waals surface area contributed by atoms with Gasteiger partial charge in [0.15, 0.2) is 0 Å². The summed E-state index contributed by atoms with van der Waals surface area (Å²) in [6, 6.07) is 0. The molecule has 0 aromatic carbocycles. The molecule has 0 spiro atoms. The fourth-order valence-corrected chi connectivity index (χ4v) is 1.99. The van der Waals surface area contributed by atoms with E-state index in [1.165, 1.54) is 37.7 Å². The second kappa shape index (κ2) is 4.18. The van der Waals surface area contributed by atoms with Gasteiger partial charge < -0.3 is 9.47 Å². The van der Waals surface area contributed by atoms with E-state index in [1.54, 1.807) is 0 Å². The Bertz CT molecular complexity index is 247. The first kappa shape index (κ1) is 9.78. The van der Waals surface area contributed by atoms with Crippen molar-refractivity contribution in [2.75, 3.05) is 0 Å². The van der Waals surface area contributed by atoms with Crippen molar-refractivity contribution in [1.82, 2.24) is 0 Å². The Morgan fingerprint density at radius 3 is 2.57 bits per heavy atom. The topological polar surface area (TPSA) is 18.5 Å². The zero-order valence-electron chi connectivity index (χ0n) is 8.79. The third-order valence-electron chi connectivity index (χ3n) is 2.93. The molecule has 2 atom stereocenters. The van der Waals surface area contributed by atoms with Gasteiger partial charge in [0.05, 0.1) is 0 Å². The summed E-state index contributed by atoms with van der Waals surface area (Å²) >= 11 is 0. The van der Waals surface area contributed by atoms with Gasteiger partial charge in [0, 0.05) is 0 Å². The lowest BCUT2D eigenvalue weighted by molar-refractivity contribution is -0.0117. The Morgan fingerprint density at radius 1 is 1.29 bits per heavy atom. The maximum atomic E-state index is 5.58. The van der Waals surface area contributed by atoms with Gasteiger partial charge in [-0.2, -0.15) is 0 Å². The smallest absolute Gasteiger partial charge is 0.220 e. The average Bonchev–Trinajstić information content (AvgIpc) is 2.47. The Kier molecular flexibility index (Phi) is 2.92. The van der Waals surface area contributed by atoms with Crippen LogP contribution in [0.1, 0.15) is 39.0 Å². The molecule has 2 aliphatic rings. The molecule has 0 radical (unpaired) electrons. The lowest BCUT2D eigenvalue weighted by Gasteiger charge is -2.15. The van der Waals surface area contributed by atoms with Crippen LogP contribution in [0, 0.1) is 0 Å². The Hall–Kier alpha value is -0.760. The largest absolute Gasteiger partial charge is 0.463 e. The van der Waals surface area contributed by atoms with Crippen molar-refractivity contribution < 1.29 is 9.47 Å². The van der Waals surface area contributed by atoms with Crippen LogP contribution in [0.3, 0.4) is 0 Å². The summed E-state index contributed by atoms with van der Waals surface area (Å²) in [7, 11) is 0. The van der Waals surface area contributed by atoms with E-state index in [0.29, 0.717) is 0 Å². The van der Waals surface area contributed by atoms with Gasteiger partial charge in [-0.1, -0.05) is 18.6 Å². The van der Waals surface area contributed by atoms with Crippen LogP contribution in [-0.2, 0) is 9.47 Å². The van der Waals surface area contributed by atoms with E-state index in [0.717, 1.165) is 5.76 Å². The lowest BCUT2D eigenvalue weighted by Crippen LogP contribution is -2.08. The van der Waals surface area contributed by atoms with Crippen LogP contribution in [0.15, 0.2) is 24.0 Å². The molecule has 0 N–H and O–H groups in total. The lowest BCUT2D eigenvalue weighted by atomic mass is 9.95. The SMILES string of the molecule is C=C1OC(C=C2CCCCC2)OC1C. The highest BCUT2D eigenvalue weighted by Crippen LogP contribution is 2.27. The molecule has 14 heavy (non-hydrogen) atoms. The normalized spacial score (nSPS) is 32.9. The molecule has 1 saturated carbocycles. The predicted molar refractivity (Wildman–Crippen MR) is 55.7 cm³/mol. The summed E-state index contributed by atoms with van der Waals surface area (Å²) < 4.78 is 11.1. The molecule has 0 amide bonds. The quantitative estimate of drug-likeness (QED) is 0.597. The van der Waals surface area contributed by atoms with E-state index in [-0.39, 0.29) is 12.4 Å². The van der Waals surface area contributed by atoms with E-state index >= 15 is 0 Å². The molecular formula is C12H18O2. The van der Waals surface area contributed by atoms with E-state index in [1.807, 2.05) is 6.92 Å². The standard InChI is InChI=1S/C12H18O2/c1-9-10(2)14-12(13-9)8-11-6-4-3-5-7-11/h8,10,12H,1,3-7H2,2H3. The van der Waals surface area contributed by atoms with Crippen molar-refractivity contribution in [2.45, 2.75) is 51.4 Å². The minimum absolute atomic E-state index is 0.0421. The summed E-state index contributed by atoms with van der Waals surface area (Å²) in [6.07, 6.45) is 8.42. The summed E-state index contributed by atoms with van der Waals surface area (Å²) in [5.74, 6) is 0.752. The van der Waals surface area contributed by atoms with E-state index in [4.69, 9.17) is 9.47 Å². The Labute approximate surface area is 85.6 Å². The Balaban J connectivity index is 1.93. The van der Waals surface area contributed by atoms with Gasteiger partial charge >= 0.3 is 0 Å². The van der Waals surface area contributed by atoms with Gasteiger partial charge in [-0.25, -0.2) is 0 Å². The molecular weight excluding hydrogens is 176 g/mol. The molecule has 0 aromatic heterocycles. The molecule has 2 fully saturated rings. The molecule has 1 aliphatic carbocycles. The van der Waals surface area contributed by atoms with E-state index in [9.17, 15) is 0 Å². The summed E-state index contributed by atoms with van der Waals surface area (Å²) in [6.45, 7) is 5.78. The van der Waals surface area contributed by atoms with Crippen molar-refractivity contribution in [2.24, 2.45) is 0 Å². The third kappa shape index (κ3) is 2.18. The number of hydrogen-bond acceptors (Lipinski definition) is 2. The van der Waals surface area contributed by atoms with Gasteiger partial charge in [-0.3, -0.25) is 0 Å². The fraction of sp³-hybridized carbons (Fsp3) is 0.667. The molecule has 78 valence electrons. The maximum absolute atomic E-state index is 5.58. The van der Waals surface area contributed by atoms with Crippen LogP contribution < -0.4 is 0 Å². The average molecular weight is 194 g/mol. The van der Waals surface area contributed by atoms with Crippen LogP contribution >= 0.6 is 0 Å². The molecule has 1 heterocycles. The summed E-state index contributed by atoms with van der Waals surface area (Å²) in [5.41, 5.74) is 1.49. The Morgan fingerprint density at radius 2 is 2.00 bits per heavy atom. The van der Waals surface area contributed by atoms with Crippen LogP contribution in [-0.4, -0.2) is 12.4 Å². The third-order valence-corrected chi connectivity index (χ3v) is 2.93. The van der Waals surface area contributed by atoms with Gasteiger partial charge in [0.2, 0.25) is 6.29 Å². The minimum atomic E-state index is -0.175. The van der Waals surface area contributed by atoms with Crippen LogP contribution in [0.2, 0.25) is 0 Å². The zero-order chi connectivity index (χ0) is 9.97. The van der Waals surface area contributed by atoms with E-state index in [2.05, 4.69) is 12.7 Å². The van der Waals surface area contributed by atoms with Crippen LogP contribution in [0.5, 0.6) is 0 Å². The highest BCUT2D eigenvalue weighted by atomic mass is 16.7. The molecule has 0 bridgehead atoms. The van der Waals surface area contributed by atoms with Crippen molar-refractivity contribution >= 4 is 0 Å². The maximum Gasteiger partial charge on any atom is 0.220 e. The number of rotatable bonds is 1. The summed E-state index contributed by atoms with van der Waals surface area (Å²) in [5, 5.41) is 0. The van der Waals surface area contributed by atoms with Gasteiger partial charge in [-0.15, -0.1) is 0 Å². The van der Waals surface area contributed by atoms with E-state index < -0.39 is 0 Å². The second-order valence-electron chi connectivity index (χ2n) is 4.12. The van der Waals surface area contributed by atoms with Gasteiger partial charge in [0.25, 0.3) is 0 Å². The van der Waals surface area contributed by atoms with Crippen molar-refractivity contribution in [3.05, 3.63) is 24.0 Å². The highest BCUT2D eigenvalue weighted by Gasteiger charge is 2.25. The summed E-state index contributed by atoms with van der Waals surface area (Å²) in [4.78, 5) is 0. The van der Waals surface area contributed by atoms with Gasteiger partial charge in [0.1, 0.15) is 11.9 Å². The molecule has 1 aliphatic heterocycles. The molecule has 2 nitrogen and oxygen atoms in total. The molecule has 1 saturated heterocycles. The number of hydrogen-bond donors (Lipinski definition) is 0. The molecule has 2 heteroatoms. The van der Waals surface area contributed by atoms with Crippen LogP contribution in [0.25, 0.3) is 0 Å².